The van der Waals surface area contributed by atoms with Crippen molar-refractivity contribution < 1.29 is 58.2 Å². The van der Waals surface area contributed by atoms with Gasteiger partial charge in [0, 0.05) is 19.3 Å². The van der Waals surface area contributed by atoms with Crippen LogP contribution in [-0.2, 0) is 42.9 Å². The van der Waals surface area contributed by atoms with Gasteiger partial charge in [0.2, 0.25) is 0 Å². The predicted molar refractivity (Wildman–Crippen MR) is 294 cm³/mol. The van der Waals surface area contributed by atoms with Crippen LogP contribution in [0, 0.1) is 0 Å². The van der Waals surface area contributed by atoms with Crippen molar-refractivity contribution in [2.24, 2.45) is 0 Å². The maximum Gasteiger partial charge on any atom is 0.335 e. The Morgan fingerprint density at radius 1 is 0.466 bits per heavy atom. The number of rotatable bonds is 46. The molecule has 414 valence electrons. The van der Waals surface area contributed by atoms with Crippen LogP contribution in [0.25, 0.3) is 0 Å². The minimum Gasteiger partial charge on any atom is -0.479 e. The number of aliphatic carboxylic acids is 1. The Morgan fingerprint density at radius 3 is 1.42 bits per heavy atom. The van der Waals surface area contributed by atoms with E-state index in [9.17, 15) is 34.5 Å². The SMILES string of the molecule is CC/C=C\C/C=C\C/C=C\C/C=C\C/C=C\CCCC(=O)OCC(COC1OC(C(=O)O)C(O)C(O)C1OC(=O)CCCCCCC/C=C\CCCCCC)OC(=O)CCCCCCC/C=C\C/C=C\CCC. The number of hydrogen-bond donors (Lipinski definition) is 3. The molecule has 0 aromatic rings. The van der Waals surface area contributed by atoms with Gasteiger partial charge in [-0.25, -0.2) is 4.79 Å². The Labute approximate surface area is 441 Å². The Kier molecular flexibility index (Phi) is 44.4. The minimum atomic E-state index is -1.92. The molecule has 1 saturated heterocycles. The average Bonchev–Trinajstić information content (AvgIpc) is 3.37. The third-order valence-corrected chi connectivity index (χ3v) is 12.1. The summed E-state index contributed by atoms with van der Waals surface area (Å²) in [6, 6.07) is 0. The van der Waals surface area contributed by atoms with E-state index in [-0.39, 0.29) is 25.9 Å². The van der Waals surface area contributed by atoms with E-state index in [1.807, 2.05) is 6.08 Å². The molecule has 73 heavy (non-hydrogen) atoms. The van der Waals surface area contributed by atoms with Crippen molar-refractivity contribution in [3.05, 3.63) is 97.2 Å². The molecular formula is C61H98O12. The monoisotopic (exact) mass is 1020 g/mol. The summed E-state index contributed by atoms with van der Waals surface area (Å²) in [5.74, 6) is -3.24. The van der Waals surface area contributed by atoms with Crippen LogP contribution < -0.4 is 0 Å². The molecule has 1 heterocycles. The second-order valence-electron chi connectivity index (χ2n) is 18.8. The van der Waals surface area contributed by atoms with Crippen molar-refractivity contribution in [2.45, 2.75) is 250 Å². The molecular weight excluding hydrogens is 925 g/mol. The first-order valence-corrected chi connectivity index (χ1v) is 28.2. The first-order chi connectivity index (χ1) is 35.6. The molecule has 6 atom stereocenters. The van der Waals surface area contributed by atoms with Crippen LogP contribution in [-0.4, -0.2) is 89.2 Å². The zero-order valence-electron chi connectivity index (χ0n) is 45.3. The zero-order chi connectivity index (χ0) is 53.3. The molecule has 3 N–H and O–H groups in total. The van der Waals surface area contributed by atoms with Gasteiger partial charge in [0.15, 0.2) is 24.6 Å². The number of carbonyl (C=O) groups is 4. The highest BCUT2D eigenvalue weighted by Crippen LogP contribution is 2.26. The Hall–Kier alpha value is -4.36. The number of aliphatic hydroxyl groups is 2. The van der Waals surface area contributed by atoms with E-state index in [4.69, 9.17) is 23.7 Å². The number of hydrogen-bond acceptors (Lipinski definition) is 11. The summed E-state index contributed by atoms with van der Waals surface area (Å²) in [6.07, 6.45) is 51.0. The molecule has 0 bridgehead atoms. The van der Waals surface area contributed by atoms with Gasteiger partial charge < -0.3 is 39.0 Å². The highest BCUT2D eigenvalue weighted by Gasteiger charge is 2.50. The average molecular weight is 1020 g/mol. The topological polar surface area (TPSA) is 175 Å². The molecule has 0 amide bonds. The number of carboxylic acid groups (broad SMARTS) is 1. The van der Waals surface area contributed by atoms with Gasteiger partial charge >= 0.3 is 23.9 Å². The van der Waals surface area contributed by atoms with Crippen molar-refractivity contribution in [3.8, 4) is 0 Å². The van der Waals surface area contributed by atoms with Crippen LogP contribution in [0.3, 0.4) is 0 Å². The fraction of sp³-hybridized carbons (Fsp3) is 0.672. The number of aliphatic hydroxyl groups excluding tert-OH is 2. The fourth-order valence-electron chi connectivity index (χ4n) is 7.79. The van der Waals surface area contributed by atoms with Crippen LogP contribution >= 0.6 is 0 Å². The molecule has 0 radical (unpaired) electrons. The van der Waals surface area contributed by atoms with Gasteiger partial charge in [0.05, 0.1) is 6.61 Å². The molecule has 0 aliphatic carbocycles. The second kappa shape index (κ2) is 48.6. The highest BCUT2D eigenvalue weighted by atomic mass is 16.7. The van der Waals surface area contributed by atoms with Gasteiger partial charge in [-0.3, -0.25) is 14.4 Å². The Balaban J connectivity index is 2.76. The van der Waals surface area contributed by atoms with Gasteiger partial charge in [-0.2, -0.15) is 0 Å². The first-order valence-electron chi connectivity index (χ1n) is 28.2. The zero-order valence-corrected chi connectivity index (χ0v) is 45.3. The number of carboxylic acids is 1. The maximum absolute atomic E-state index is 13.1. The second-order valence-corrected chi connectivity index (χ2v) is 18.8. The van der Waals surface area contributed by atoms with E-state index >= 15 is 0 Å². The molecule has 1 aliphatic heterocycles. The molecule has 1 aliphatic rings. The largest absolute Gasteiger partial charge is 0.479 e. The van der Waals surface area contributed by atoms with Crippen molar-refractivity contribution in [1.29, 1.82) is 0 Å². The van der Waals surface area contributed by atoms with Crippen molar-refractivity contribution in [1.82, 2.24) is 0 Å². The van der Waals surface area contributed by atoms with E-state index in [1.54, 1.807) is 0 Å². The quantitative estimate of drug-likeness (QED) is 0.0228. The summed E-state index contributed by atoms with van der Waals surface area (Å²) >= 11 is 0. The standard InChI is InChI=1S/C61H98O12/c1-4-7-10-13-16-19-22-25-26-27-28-31-32-35-38-41-44-47-53(62)69-50-52(71-54(63)48-45-42-39-36-33-29-23-20-17-14-11-8-5-2)51-70-61-59(57(66)56(65)58(73-61)60(67)68)72-55(64)49-46-43-40-37-34-30-24-21-18-15-12-9-6-3/h7,10-11,14,16,19-21,23-26,28,31,35,38,52,56-59,61,65-66H,4-6,8-9,12-13,15,17-18,22,27,29-30,32-34,36-37,39-51H2,1-3H3,(H,67,68)/b10-7-,14-11-,19-16-,23-20-,24-21-,26-25-,31-28-,38-35-. The summed E-state index contributed by atoms with van der Waals surface area (Å²) in [4.78, 5) is 51.0. The van der Waals surface area contributed by atoms with Crippen molar-refractivity contribution >= 4 is 23.9 Å². The molecule has 0 saturated carbocycles. The minimum absolute atomic E-state index is 0.0391. The van der Waals surface area contributed by atoms with Crippen molar-refractivity contribution in [2.75, 3.05) is 13.2 Å². The van der Waals surface area contributed by atoms with E-state index in [1.165, 1.54) is 25.7 Å². The molecule has 0 spiro atoms. The predicted octanol–water partition coefficient (Wildman–Crippen LogP) is 14.1. The van der Waals surface area contributed by atoms with Crippen LogP contribution in [0.5, 0.6) is 0 Å². The first kappa shape index (κ1) is 66.7. The molecule has 12 heteroatoms. The Morgan fingerprint density at radius 2 is 0.904 bits per heavy atom. The smallest absolute Gasteiger partial charge is 0.335 e. The third-order valence-electron chi connectivity index (χ3n) is 12.1. The molecule has 12 nitrogen and oxygen atoms in total. The van der Waals surface area contributed by atoms with Gasteiger partial charge in [-0.05, 0) is 109 Å². The van der Waals surface area contributed by atoms with E-state index < -0.39 is 67.3 Å². The summed E-state index contributed by atoms with van der Waals surface area (Å²) in [5, 5.41) is 31.4. The van der Waals surface area contributed by atoms with Gasteiger partial charge in [0.25, 0.3) is 0 Å². The highest BCUT2D eigenvalue weighted by molar-refractivity contribution is 5.74. The summed E-state index contributed by atoms with van der Waals surface area (Å²) in [5.41, 5.74) is 0. The van der Waals surface area contributed by atoms with Crippen LogP contribution in [0.1, 0.15) is 213 Å². The summed E-state index contributed by atoms with van der Waals surface area (Å²) < 4.78 is 28.3. The number of allylic oxidation sites excluding steroid dienone is 16. The number of ether oxygens (including phenoxy) is 5. The van der Waals surface area contributed by atoms with E-state index in [0.29, 0.717) is 25.7 Å². The normalized spacial score (nSPS) is 19.1. The van der Waals surface area contributed by atoms with Crippen LogP contribution in [0.2, 0.25) is 0 Å². The van der Waals surface area contributed by atoms with Crippen LogP contribution in [0.15, 0.2) is 97.2 Å². The van der Waals surface area contributed by atoms with Gasteiger partial charge in [-0.1, -0.05) is 182 Å². The van der Waals surface area contributed by atoms with Gasteiger partial charge in [0.1, 0.15) is 18.8 Å². The fourth-order valence-corrected chi connectivity index (χ4v) is 7.79. The van der Waals surface area contributed by atoms with Crippen molar-refractivity contribution in [3.63, 3.8) is 0 Å². The summed E-state index contributed by atoms with van der Waals surface area (Å²) in [6.45, 7) is 5.71. The maximum atomic E-state index is 13.1. The molecule has 1 fully saturated rings. The number of carbonyl (C=O) groups excluding carboxylic acids is 3. The lowest BCUT2D eigenvalue weighted by Gasteiger charge is -2.40. The number of unbranched alkanes of at least 4 members (excludes halogenated alkanes) is 16. The van der Waals surface area contributed by atoms with E-state index in [2.05, 4.69) is 112 Å². The molecule has 6 unspecified atom stereocenters. The Bertz CT molecular complexity index is 1640. The lowest BCUT2D eigenvalue weighted by atomic mass is 9.98. The molecule has 1 rings (SSSR count). The van der Waals surface area contributed by atoms with Gasteiger partial charge in [-0.15, -0.1) is 0 Å². The number of esters is 3. The summed E-state index contributed by atoms with van der Waals surface area (Å²) in [7, 11) is 0. The molecule has 0 aromatic heterocycles. The lowest BCUT2D eigenvalue weighted by Crippen LogP contribution is -2.61. The molecule has 0 aromatic carbocycles. The van der Waals surface area contributed by atoms with Crippen LogP contribution in [0.4, 0.5) is 0 Å². The third kappa shape index (κ3) is 38.8. The lowest BCUT2D eigenvalue weighted by molar-refractivity contribution is -0.301. The van der Waals surface area contributed by atoms with E-state index in [0.717, 1.165) is 122 Å².